The second-order valence-corrected chi connectivity index (χ2v) is 7.05. The normalized spacial score (nSPS) is 11.2. The first-order valence-electron chi connectivity index (χ1n) is 9.94. The number of benzene rings is 1. The number of aromatic nitrogens is 4. The summed E-state index contributed by atoms with van der Waals surface area (Å²) in [6.45, 7) is 0.940. The van der Waals surface area contributed by atoms with Gasteiger partial charge in [0.1, 0.15) is 0 Å². The molecule has 0 aliphatic rings. The number of aliphatic hydroxyl groups is 1. The molecule has 4 aromatic rings. The molecule has 0 saturated carbocycles. The quantitative estimate of drug-likeness (QED) is 0.453. The molecule has 0 amide bonds. The second kappa shape index (κ2) is 8.94. The number of pyridine rings is 2. The Morgan fingerprint density at radius 3 is 2.69 bits per heavy atom. The fourth-order valence-corrected chi connectivity index (χ4v) is 3.42. The van der Waals surface area contributed by atoms with Crippen LogP contribution in [0.4, 0.5) is 0 Å². The van der Waals surface area contributed by atoms with Gasteiger partial charge in [0, 0.05) is 16.6 Å². The van der Waals surface area contributed by atoms with Crippen LogP contribution in [0.15, 0.2) is 60.8 Å². The summed E-state index contributed by atoms with van der Waals surface area (Å²) in [5.41, 5.74) is 4.71. The van der Waals surface area contributed by atoms with Gasteiger partial charge in [-0.3, -0.25) is 4.98 Å². The van der Waals surface area contributed by atoms with Gasteiger partial charge in [0.25, 0.3) is 0 Å². The van der Waals surface area contributed by atoms with Gasteiger partial charge < -0.3 is 10.4 Å². The Morgan fingerprint density at radius 2 is 1.83 bits per heavy atom. The smallest absolute Gasteiger partial charge is 0.154 e. The topological polar surface area (TPSA) is 75.9 Å². The highest BCUT2D eigenvalue weighted by atomic mass is 16.3. The lowest BCUT2D eigenvalue weighted by molar-refractivity contribution is 0.276. The maximum absolute atomic E-state index is 9.38. The molecule has 6 nitrogen and oxygen atoms in total. The molecule has 0 spiro atoms. The molecule has 0 radical (unpaired) electrons. The molecule has 6 heteroatoms. The fraction of sp³-hybridized carbons (Fsp3) is 0.261. The number of rotatable bonds is 8. The summed E-state index contributed by atoms with van der Waals surface area (Å²) in [5.74, 6) is 0.690. The lowest BCUT2D eigenvalue weighted by Crippen LogP contribution is -2.07. The summed E-state index contributed by atoms with van der Waals surface area (Å²) < 4.78 is 1.81. The monoisotopic (exact) mass is 387 g/mol. The van der Waals surface area contributed by atoms with Crippen LogP contribution in [0.2, 0.25) is 0 Å². The summed E-state index contributed by atoms with van der Waals surface area (Å²) >= 11 is 0. The van der Waals surface area contributed by atoms with E-state index in [4.69, 9.17) is 4.98 Å². The Balaban J connectivity index is 1.65. The van der Waals surface area contributed by atoms with Crippen LogP contribution in [-0.2, 0) is 13.0 Å². The Kier molecular flexibility index (Phi) is 5.93. The molecule has 4 rings (SSSR count). The zero-order valence-electron chi connectivity index (χ0n) is 16.5. The number of hydrogen-bond donors (Lipinski definition) is 2. The van der Waals surface area contributed by atoms with E-state index in [-0.39, 0.29) is 6.61 Å². The van der Waals surface area contributed by atoms with Gasteiger partial charge in [-0.25, -0.2) is 9.67 Å². The molecule has 0 unspecified atom stereocenters. The molecule has 3 heterocycles. The van der Waals surface area contributed by atoms with Crippen molar-refractivity contribution in [1.82, 2.24) is 25.1 Å². The van der Waals surface area contributed by atoms with Crippen LogP contribution in [0.1, 0.15) is 24.2 Å². The molecular formula is C23H25N5O. The van der Waals surface area contributed by atoms with Crippen LogP contribution < -0.4 is 5.32 Å². The van der Waals surface area contributed by atoms with Crippen LogP contribution in [0.5, 0.6) is 0 Å². The number of nitrogens with one attached hydrogen (secondary N) is 1. The number of aryl methyl sites for hydroxylation is 1. The number of nitrogens with zero attached hydrogens (tertiary/aromatic N) is 4. The summed E-state index contributed by atoms with van der Waals surface area (Å²) in [5, 5.41) is 18.1. The number of fused-ring (bicyclic) bond motifs is 1. The molecular weight excluding hydrogens is 362 g/mol. The van der Waals surface area contributed by atoms with Crippen LogP contribution in [0.25, 0.3) is 28.0 Å². The average molecular weight is 387 g/mol. The first-order chi connectivity index (χ1) is 14.3. The van der Waals surface area contributed by atoms with Crippen molar-refractivity contribution in [3.8, 4) is 17.1 Å². The third-order valence-electron chi connectivity index (χ3n) is 4.95. The van der Waals surface area contributed by atoms with Crippen LogP contribution in [-0.4, -0.2) is 38.4 Å². The summed E-state index contributed by atoms with van der Waals surface area (Å²) in [7, 11) is 1.98. The van der Waals surface area contributed by atoms with Gasteiger partial charge >= 0.3 is 0 Å². The number of hydrogen-bond acceptors (Lipinski definition) is 5. The molecule has 0 saturated heterocycles. The number of aliphatic hydroxyl groups excluding tert-OH is 1. The third-order valence-corrected chi connectivity index (χ3v) is 4.95. The highest BCUT2D eigenvalue weighted by molar-refractivity contribution is 5.84. The Hall–Kier alpha value is -3.09. The Bertz CT molecular complexity index is 1110. The van der Waals surface area contributed by atoms with Crippen molar-refractivity contribution in [2.24, 2.45) is 0 Å². The minimum Gasteiger partial charge on any atom is -0.390 e. The minimum absolute atomic E-state index is 0.0939. The lowest BCUT2D eigenvalue weighted by Gasteiger charge is -2.07. The summed E-state index contributed by atoms with van der Waals surface area (Å²) in [6.07, 6.45) is 5.08. The molecule has 148 valence electrons. The Morgan fingerprint density at radius 1 is 0.966 bits per heavy atom. The van der Waals surface area contributed by atoms with Crippen molar-refractivity contribution in [2.45, 2.75) is 25.9 Å². The van der Waals surface area contributed by atoms with Crippen molar-refractivity contribution >= 4 is 10.9 Å². The van der Waals surface area contributed by atoms with Gasteiger partial charge in [-0.2, -0.15) is 5.10 Å². The average Bonchev–Trinajstić information content (AvgIpc) is 3.20. The first kappa shape index (κ1) is 19.2. The second-order valence-electron chi connectivity index (χ2n) is 7.05. The summed E-state index contributed by atoms with van der Waals surface area (Å²) in [6, 6.07) is 18.0. The van der Waals surface area contributed by atoms with E-state index in [0.29, 0.717) is 11.5 Å². The first-order valence-corrected chi connectivity index (χ1v) is 9.94. The molecule has 0 aliphatic carbocycles. The molecule has 3 aromatic heterocycles. The van der Waals surface area contributed by atoms with Crippen molar-refractivity contribution in [2.75, 3.05) is 13.6 Å². The summed E-state index contributed by atoms with van der Waals surface area (Å²) in [4.78, 5) is 9.34. The molecule has 0 atom stereocenters. The van der Waals surface area contributed by atoms with Gasteiger partial charge in [0.05, 0.1) is 29.7 Å². The van der Waals surface area contributed by atoms with Crippen LogP contribution in [0.3, 0.4) is 0 Å². The van der Waals surface area contributed by atoms with Crippen molar-refractivity contribution in [3.05, 3.63) is 72.2 Å². The van der Waals surface area contributed by atoms with E-state index in [2.05, 4.69) is 45.7 Å². The van der Waals surface area contributed by atoms with E-state index in [1.807, 2.05) is 31.4 Å². The largest absolute Gasteiger partial charge is 0.390 e. The zero-order valence-corrected chi connectivity index (χ0v) is 16.5. The fourth-order valence-electron chi connectivity index (χ4n) is 3.42. The van der Waals surface area contributed by atoms with E-state index in [0.717, 1.165) is 53.7 Å². The van der Waals surface area contributed by atoms with Crippen molar-refractivity contribution in [3.63, 3.8) is 0 Å². The van der Waals surface area contributed by atoms with E-state index in [1.54, 1.807) is 10.7 Å². The van der Waals surface area contributed by atoms with Gasteiger partial charge in [-0.05, 0) is 63.2 Å². The molecule has 0 fully saturated rings. The minimum atomic E-state index is -0.0939. The Labute approximate surface area is 170 Å². The predicted octanol–water partition coefficient (Wildman–Crippen LogP) is 3.52. The third kappa shape index (κ3) is 4.34. The van der Waals surface area contributed by atoms with Crippen LogP contribution >= 0.6 is 0 Å². The molecule has 29 heavy (non-hydrogen) atoms. The maximum Gasteiger partial charge on any atom is 0.154 e. The van der Waals surface area contributed by atoms with Gasteiger partial charge in [-0.1, -0.05) is 24.3 Å². The van der Waals surface area contributed by atoms with Gasteiger partial charge in [0.2, 0.25) is 0 Å². The predicted molar refractivity (Wildman–Crippen MR) is 115 cm³/mol. The highest BCUT2D eigenvalue weighted by Gasteiger charge is 2.09. The van der Waals surface area contributed by atoms with E-state index in [9.17, 15) is 5.11 Å². The van der Waals surface area contributed by atoms with Crippen molar-refractivity contribution in [1.29, 1.82) is 0 Å². The molecule has 0 bridgehead atoms. The van der Waals surface area contributed by atoms with Gasteiger partial charge in [-0.15, -0.1) is 0 Å². The molecule has 1 aromatic carbocycles. The van der Waals surface area contributed by atoms with Crippen LogP contribution in [0, 0.1) is 0 Å². The lowest BCUT2D eigenvalue weighted by atomic mass is 10.1. The van der Waals surface area contributed by atoms with Crippen molar-refractivity contribution < 1.29 is 5.11 Å². The number of unbranched alkanes of at least 4 members (excludes halogenated alkanes) is 1. The van der Waals surface area contributed by atoms with E-state index in [1.165, 1.54) is 0 Å². The molecule has 0 aliphatic heterocycles. The maximum atomic E-state index is 9.38. The molecule has 2 N–H and O–H groups in total. The zero-order chi connectivity index (χ0) is 20.1. The highest BCUT2D eigenvalue weighted by Crippen LogP contribution is 2.25. The standard InChI is InChI=1S/C23H25N5O/c1-24-13-3-2-6-19-7-4-9-21(26-19)17-11-12-18-15-25-28(22(18)14-17)23-10-5-8-20(16-29)27-23/h4-5,7-12,14-15,24,29H,2-3,6,13,16H2,1H3. The van der Waals surface area contributed by atoms with E-state index < -0.39 is 0 Å². The SMILES string of the molecule is CNCCCCc1cccc(-c2ccc3cnn(-c4cccc(CO)n4)c3c2)n1. The van der Waals surface area contributed by atoms with Gasteiger partial charge in [0.15, 0.2) is 5.82 Å². The van der Waals surface area contributed by atoms with E-state index >= 15 is 0 Å².